The lowest BCUT2D eigenvalue weighted by Gasteiger charge is -2.51. The number of methoxy groups -OCH3 is 1. The Balaban J connectivity index is 1.45. The molecule has 1 saturated heterocycles. The second-order valence-corrected chi connectivity index (χ2v) is 20.7. The first-order valence-corrected chi connectivity index (χ1v) is 19.5. The molecule has 1 unspecified atom stereocenters. The highest BCUT2D eigenvalue weighted by Gasteiger charge is 2.61. The van der Waals surface area contributed by atoms with Gasteiger partial charge in [-0.3, -0.25) is 14.5 Å². The first kappa shape index (κ1) is 31.8. The van der Waals surface area contributed by atoms with Crippen molar-refractivity contribution in [1.29, 1.82) is 0 Å². The molecule has 10 heteroatoms. The number of carbonyl (C=O) groups is 2. The maximum atomic E-state index is 14.5. The zero-order chi connectivity index (χ0) is 30.4. The minimum absolute atomic E-state index is 0.0148. The minimum atomic E-state index is -1.93. The third-order valence-corrected chi connectivity index (χ3v) is 16.4. The number of nitrogens with zero attached hydrogens (tertiary/aromatic N) is 1. The number of hydrogen-bond acceptors (Lipinski definition) is 7. The molecule has 2 aliphatic heterocycles. The van der Waals surface area contributed by atoms with E-state index in [0.29, 0.717) is 49.8 Å². The second kappa shape index (κ2) is 12.1. The average Bonchev–Trinajstić information content (AvgIpc) is 3.22. The molecule has 1 aliphatic carbocycles. The van der Waals surface area contributed by atoms with Crippen molar-refractivity contribution in [3.05, 3.63) is 44.7 Å². The number of ketones is 1. The Kier molecular flexibility index (Phi) is 9.16. The van der Waals surface area contributed by atoms with Crippen molar-refractivity contribution < 1.29 is 28.2 Å². The molecule has 3 heterocycles. The number of Topliss-reactive ketones (excluding diaryl/α,β-unsaturated/α-hetero) is 1. The number of halogens is 1. The lowest BCUT2D eigenvalue weighted by Crippen LogP contribution is -2.60. The molecular formula is C32H44BrNO6SSi. The molecule has 42 heavy (non-hydrogen) atoms. The van der Waals surface area contributed by atoms with E-state index in [9.17, 15) is 9.59 Å². The summed E-state index contributed by atoms with van der Waals surface area (Å²) in [6, 6.07) is 7.84. The van der Waals surface area contributed by atoms with E-state index in [1.165, 1.54) is 11.3 Å². The fourth-order valence-corrected chi connectivity index (χ4v) is 8.87. The molecule has 1 saturated carbocycles. The van der Waals surface area contributed by atoms with Crippen LogP contribution in [-0.2, 0) is 18.7 Å². The number of hydrogen-bond donors (Lipinski definition) is 0. The fraction of sp³-hybridized carbons (Fsp3) is 0.625. The predicted molar refractivity (Wildman–Crippen MR) is 172 cm³/mol. The van der Waals surface area contributed by atoms with Gasteiger partial charge in [0.2, 0.25) is 5.91 Å². The molecule has 1 spiro atoms. The normalized spacial score (nSPS) is 24.1. The number of benzene rings is 1. The Morgan fingerprint density at radius 3 is 2.48 bits per heavy atom. The van der Waals surface area contributed by atoms with Gasteiger partial charge >= 0.3 is 0 Å². The Hall–Kier alpha value is -1.56. The monoisotopic (exact) mass is 677 g/mol. The number of thiophene rings is 1. The van der Waals surface area contributed by atoms with Gasteiger partial charge in [0.1, 0.15) is 22.3 Å². The van der Waals surface area contributed by atoms with Crippen molar-refractivity contribution in [2.75, 3.05) is 38.4 Å². The van der Waals surface area contributed by atoms with Crippen LogP contribution in [0.2, 0.25) is 18.1 Å². The molecule has 7 nitrogen and oxygen atoms in total. The fourth-order valence-electron chi connectivity index (χ4n) is 6.09. The van der Waals surface area contributed by atoms with Gasteiger partial charge in [0.15, 0.2) is 14.1 Å². The summed E-state index contributed by atoms with van der Waals surface area (Å²) in [6.07, 6.45) is 2.22. The van der Waals surface area contributed by atoms with E-state index in [1.807, 2.05) is 36.1 Å². The molecule has 0 N–H and O–H groups in total. The van der Waals surface area contributed by atoms with Crippen molar-refractivity contribution in [2.45, 2.75) is 83.7 Å². The quantitative estimate of drug-likeness (QED) is 0.200. The maximum absolute atomic E-state index is 14.5. The zero-order valence-electron chi connectivity index (χ0n) is 25.9. The van der Waals surface area contributed by atoms with Crippen LogP contribution in [0.25, 0.3) is 0 Å². The summed E-state index contributed by atoms with van der Waals surface area (Å²) in [5.41, 5.74) is 1.41. The molecule has 0 bridgehead atoms. The van der Waals surface area contributed by atoms with Gasteiger partial charge in [0.05, 0.1) is 29.1 Å². The molecule has 1 atom stereocenters. The van der Waals surface area contributed by atoms with Crippen molar-refractivity contribution in [3.8, 4) is 5.75 Å². The van der Waals surface area contributed by atoms with E-state index in [2.05, 4.69) is 49.8 Å². The van der Waals surface area contributed by atoms with Crippen LogP contribution < -0.4 is 9.64 Å². The first-order chi connectivity index (χ1) is 19.8. The molecule has 1 amide bonds. The molecule has 230 valence electrons. The summed E-state index contributed by atoms with van der Waals surface area (Å²) in [7, 11) is -0.279. The molecule has 3 aliphatic rings. The van der Waals surface area contributed by atoms with Gasteiger partial charge in [-0.1, -0.05) is 39.0 Å². The smallest absolute Gasteiger partial charge is 0.241 e. The van der Waals surface area contributed by atoms with Crippen LogP contribution in [-0.4, -0.2) is 59.6 Å². The van der Waals surface area contributed by atoms with Gasteiger partial charge in [-0.2, -0.15) is 0 Å². The van der Waals surface area contributed by atoms with Crippen LogP contribution in [0.4, 0.5) is 5.00 Å². The summed E-state index contributed by atoms with van der Waals surface area (Å²) >= 11 is 5.12. The van der Waals surface area contributed by atoms with Crippen molar-refractivity contribution in [3.63, 3.8) is 0 Å². The number of ether oxygens (including phenoxy) is 3. The van der Waals surface area contributed by atoms with E-state index in [0.717, 1.165) is 33.5 Å². The molecule has 5 rings (SSSR count). The van der Waals surface area contributed by atoms with Crippen LogP contribution >= 0.6 is 27.3 Å². The number of fused-ring (bicyclic) bond motifs is 1. The minimum Gasteiger partial charge on any atom is -0.496 e. The summed E-state index contributed by atoms with van der Waals surface area (Å²) in [5, 5.41) is 0.811. The summed E-state index contributed by atoms with van der Waals surface area (Å²) in [5.74, 6) is 0.745. The van der Waals surface area contributed by atoms with Crippen LogP contribution in [0.15, 0.2) is 28.1 Å². The van der Waals surface area contributed by atoms with E-state index in [1.54, 1.807) is 7.11 Å². The lowest BCUT2D eigenvalue weighted by atomic mass is 9.57. The van der Waals surface area contributed by atoms with Crippen LogP contribution in [0.3, 0.4) is 0 Å². The van der Waals surface area contributed by atoms with Gasteiger partial charge in [-0.25, -0.2) is 0 Å². The van der Waals surface area contributed by atoms with Crippen LogP contribution in [0.5, 0.6) is 5.75 Å². The van der Waals surface area contributed by atoms with E-state index in [4.69, 9.17) is 18.6 Å². The number of carbonyl (C=O) groups excluding carboxylic acids is 2. The second-order valence-electron chi connectivity index (χ2n) is 13.5. The third kappa shape index (κ3) is 5.79. The zero-order valence-corrected chi connectivity index (χ0v) is 29.3. The molecule has 1 aromatic carbocycles. The van der Waals surface area contributed by atoms with E-state index >= 15 is 0 Å². The number of rotatable bonds is 9. The van der Waals surface area contributed by atoms with Gasteiger partial charge in [0, 0.05) is 25.4 Å². The number of para-hydroxylation sites is 1. The summed E-state index contributed by atoms with van der Waals surface area (Å²) < 4.78 is 25.4. The summed E-state index contributed by atoms with van der Waals surface area (Å²) in [6.45, 7) is 15.3. The highest BCUT2D eigenvalue weighted by molar-refractivity contribution is 9.11. The standard InChI is InChI=1S/C32H44BrNO6SSi/c1-20-26-27(35)32(16-21(17-32)19-39-42(6,7)31(2,3)4)30(36)34(29(26)41-28(20)33)18-25(40-22-12-14-38-15-13-22)23-10-8-9-11-24(23)37-5/h8-11,21-22,25H,12-19H2,1-7H3. The van der Waals surface area contributed by atoms with Crippen molar-refractivity contribution in [2.24, 2.45) is 11.3 Å². The number of amides is 1. The van der Waals surface area contributed by atoms with Crippen molar-refractivity contribution >= 4 is 52.3 Å². The van der Waals surface area contributed by atoms with Gasteiger partial charge < -0.3 is 18.6 Å². The number of anilines is 1. The molecule has 2 aromatic rings. The van der Waals surface area contributed by atoms with E-state index < -0.39 is 19.8 Å². The highest BCUT2D eigenvalue weighted by atomic mass is 79.9. The topological polar surface area (TPSA) is 74.3 Å². The van der Waals surface area contributed by atoms with Gasteiger partial charge in [-0.15, -0.1) is 11.3 Å². The lowest BCUT2D eigenvalue weighted by molar-refractivity contribution is -0.134. The highest BCUT2D eigenvalue weighted by Crippen LogP contribution is 2.57. The molecule has 2 fully saturated rings. The van der Waals surface area contributed by atoms with Crippen LogP contribution in [0, 0.1) is 18.3 Å². The SMILES string of the molecule is COc1ccccc1C(CN1C(=O)C2(CC(CO[Si](C)(C)C(C)(C)C)C2)C(=O)c2c1sc(Br)c2C)OC1CCOCC1. The van der Waals surface area contributed by atoms with Crippen LogP contribution in [0.1, 0.15) is 74.0 Å². The maximum Gasteiger partial charge on any atom is 0.241 e. The Bertz CT molecular complexity index is 1320. The Morgan fingerprint density at radius 1 is 1.17 bits per heavy atom. The van der Waals surface area contributed by atoms with E-state index in [-0.39, 0.29) is 28.8 Å². The third-order valence-electron chi connectivity index (χ3n) is 9.75. The van der Waals surface area contributed by atoms with Gasteiger partial charge in [0.25, 0.3) is 0 Å². The average molecular weight is 679 g/mol. The molecule has 0 radical (unpaired) electrons. The molecular weight excluding hydrogens is 634 g/mol. The Morgan fingerprint density at radius 2 is 1.83 bits per heavy atom. The Labute approximate surface area is 263 Å². The van der Waals surface area contributed by atoms with Gasteiger partial charge in [-0.05, 0) is 84.2 Å². The largest absolute Gasteiger partial charge is 0.496 e. The predicted octanol–water partition coefficient (Wildman–Crippen LogP) is 7.71. The summed E-state index contributed by atoms with van der Waals surface area (Å²) in [4.78, 5) is 30.5. The first-order valence-electron chi connectivity index (χ1n) is 14.9. The molecule has 1 aromatic heterocycles. The van der Waals surface area contributed by atoms with Crippen molar-refractivity contribution in [1.82, 2.24) is 0 Å².